The highest BCUT2D eigenvalue weighted by Gasteiger charge is 2.42. The summed E-state index contributed by atoms with van der Waals surface area (Å²) in [5, 5.41) is 17.6. The first-order valence-electron chi connectivity index (χ1n) is 6.57. The first-order chi connectivity index (χ1) is 9.84. The molecule has 0 amide bonds. The highest BCUT2D eigenvalue weighted by molar-refractivity contribution is 7.88. The van der Waals surface area contributed by atoms with Gasteiger partial charge in [-0.05, 0) is 37.0 Å². The summed E-state index contributed by atoms with van der Waals surface area (Å²) >= 11 is 0. The third kappa shape index (κ3) is 4.03. The monoisotopic (exact) mass is 308 g/mol. The standard InChI is InChI=1S/C14H16N2O4S/c15-9-11-2-4-12(5-3-11)10-21(19,20)16-14(6-1-7-14)8-13(17)18/h2-5,16H,1,6-8,10H2,(H,17,18). The van der Waals surface area contributed by atoms with Crippen LogP contribution in [0.5, 0.6) is 0 Å². The zero-order valence-corrected chi connectivity index (χ0v) is 12.2. The summed E-state index contributed by atoms with van der Waals surface area (Å²) < 4.78 is 26.9. The average Bonchev–Trinajstić information content (AvgIpc) is 2.35. The van der Waals surface area contributed by atoms with Crippen LogP contribution in [0.25, 0.3) is 0 Å². The molecule has 0 saturated heterocycles. The third-order valence-corrected chi connectivity index (χ3v) is 5.07. The van der Waals surface area contributed by atoms with Gasteiger partial charge in [0.25, 0.3) is 0 Å². The normalized spacial score (nSPS) is 16.7. The average molecular weight is 308 g/mol. The molecular weight excluding hydrogens is 292 g/mol. The van der Waals surface area contributed by atoms with Gasteiger partial charge in [-0.25, -0.2) is 13.1 Å². The van der Waals surface area contributed by atoms with E-state index in [0.717, 1.165) is 6.42 Å². The van der Waals surface area contributed by atoms with E-state index in [9.17, 15) is 13.2 Å². The Kier molecular flexibility index (Phi) is 4.30. The van der Waals surface area contributed by atoms with Gasteiger partial charge in [-0.2, -0.15) is 5.26 Å². The molecule has 1 saturated carbocycles. The van der Waals surface area contributed by atoms with Gasteiger partial charge < -0.3 is 5.11 Å². The maximum absolute atomic E-state index is 12.2. The van der Waals surface area contributed by atoms with E-state index < -0.39 is 21.5 Å². The second kappa shape index (κ2) is 5.84. The van der Waals surface area contributed by atoms with Gasteiger partial charge in [0.15, 0.2) is 0 Å². The van der Waals surface area contributed by atoms with Crippen molar-refractivity contribution >= 4 is 16.0 Å². The summed E-state index contributed by atoms with van der Waals surface area (Å²) in [4.78, 5) is 10.9. The predicted octanol–water partition coefficient (Wildman–Crippen LogP) is 1.38. The Bertz CT molecular complexity index is 670. The van der Waals surface area contributed by atoms with Crippen LogP contribution in [0.4, 0.5) is 0 Å². The molecule has 0 radical (unpaired) electrons. The topological polar surface area (TPSA) is 107 Å². The summed E-state index contributed by atoms with van der Waals surface area (Å²) in [5.74, 6) is -1.23. The van der Waals surface area contributed by atoms with Gasteiger partial charge in [0, 0.05) is 5.54 Å². The maximum atomic E-state index is 12.2. The molecule has 0 unspecified atom stereocenters. The number of hydrogen-bond donors (Lipinski definition) is 2. The fourth-order valence-electron chi connectivity index (χ4n) is 2.47. The van der Waals surface area contributed by atoms with Gasteiger partial charge >= 0.3 is 5.97 Å². The van der Waals surface area contributed by atoms with Crippen LogP contribution in [0.15, 0.2) is 24.3 Å². The van der Waals surface area contributed by atoms with Gasteiger partial charge in [0.1, 0.15) is 0 Å². The molecule has 0 aliphatic heterocycles. The van der Waals surface area contributed by atoms with Crippen LogP contribution < -0.4 is 4.72 Å². The van der Waals surface area contributed by atoms with Crippen molar-refractivity contribution in [2.45, 2.75) is 37.0 Å². The predicted molar refractivity (Wildman–Crippen MR) is 75.8 cm³/mol. The number of nitrogens with one attached hydrogen (secondary N) is 1. The molecular formula is C14H16N2O4S. The number of nitrogens with zero attached hydrogens (tertiary/aromatic N) is 1. The lowest BCUT2D eigenvalue weighted by molar-refractivity contribution is -0.139. The van der Waals surface area contributed by atoms with Crippen LogP contribution in [-0.4, -0.2) is 25.0 Å². The van der Waals surface area contributed by atoms with E-state index in [1.54, 1.807) is 24.3 Å². The number of nitriles is 1. The number of benzene rings is 1. The number of sulfonamides is 1. The molecule has 1 aliphatic carbocycles. The summed E-state index contributed by atoms with van der Waals surface area (Å²) in [6.45, 7) is 0. The summed E-state index contributed by atoms with van der Waals surface area (Å²) in [5.41, 5.74) is 0.189. The molecule has 0 spiro atoms. The van der Waals surface area contributed by atoms with Gasteiger partial charge in [-0.3, -0.25) is 4.79 Å². The van der Waals surface area contributed by atoms with Crippen molar-refractivity contribution < 1.29 is 18.3 Å². The quantitative estimate of drug-likeness (QED) is 0.825. The van der Waals surface area contributed by atoms with Gasteiger partial charge in [0.2, 0.25) is 10.0 Å². The van der Waals surface area contributed by atoms with Crippen molar-refractivity contribution in [1.82, 2.24) is 4.72 Å². The van der Waals surface area contributed by atoms with Crippen LogP contribution in [0.1, 0.15) is 36.8 Å². The molecule has 1 aromatic rings. The van der Waals surface area contributed by atoms with E-state index in [1.807, 2.05) is 6.07 Å². The number of hydrogen-bond acceptors (Lipinski definition) is 4. The molecule has 2 N–H and O–H groups in total. The van der Waals surface area contributed by atoms with E-state index in [-0.39, 0.29) is 12.2 Å². The van der Waals surface area contributed by atoms with Gasteiger partial charge in [-0.15, -0.1) is 0 Å². The molecule has 112 valence electrons. The highest BCUT2D eigenvalue weighted by Crippen LogP contribution is 2.35. The Morgan fingerprint density at radius 3 is 2.38 bits per heavy atom. The number of aliphatic carboxylic acids is 1. The molecule has 21 heavy (non-hydrogen) atoms. The summed E-state index contributed by atoms with van der Waals surface area (Å²) in [7, 11) is -3.61. The second-order valence-corrected chi connectivity index (χ2v) is 7.10. The molecule has 0 aromatic heterocycles. The number of carboxylic acid groups (broad SMARTS) is 1. The van der Waals surface area contributed by atoms with Gasteiger partial charge in [0.05, 0.1) is 23.8 Å². The van der Waals surface area contributed by atoms with Crippen molar-refractivity contribution in [1.29, 1.82) is 5.26 Å². The zero-order chi connectivity index (χ0) is 15.5. The SMILES string of the molecule is N#Cc1ccc(CS(=O)(=O)NC2(CC(=O)O)CCC2)cc1. The van der Waals surface area contributed by atoms with Crippen molar-refractivity contribution in [2.75, 3.05) is 0 Å². The van der Waals surface area contributed by atoms with E-state index in [0.29, 0.717) is 24.0 Å². The molecule has 0 atom stereocenters. The van der Waals surface area contributed by atoms with Crippen LogP contribution in [0, 0.1) is 11.3 Å². The van der Waals surface area contributed by atoms with Crippen molar-refractivity contribution in [2.24, 2.45) is 0 Å². The molecule has 1 fully saturated rings. The largest absolute Gasteiger partial charge is 0.481 e. The first kappa shape index (κ1) is 15.5. The molecule has 7 heteroatoms. The van der Waals surface area contributed by atoms with E-state index in [2.05, 4.69) is 4.72 Å². The fraction of sp³-hybridized carbons (Fsp3) is 0.429. The Morgan fingerprint density at radius 1 is 1.33 bits per heavy atom. The molecule has 2 rings (SSSR count). The van der Waals surface area contributed by atoms with Crippen LogP contribution >= 0.6 is 0 Å². The Morgan fingerprint density at radius 2 is 1.95 bits per heavy atom. The third-order valence-electron chi connectivity index (χ3n) is 3.61. The van der Waals surface area contributed by atoms with Crippen LogP contribution in [-0.2, 0) is 20.6 Å². The Balaban J connectivity index is 2.07. The lowest BCUT2D eigenvalue weighted by Gasteiger charge is -2.41. The summed E-state index contributed by atoms with van der Waals surface area (Å²) in [6, 6.07) is 8.25. The van der Waals surface area contributed by atoms with Crippen molar-refractivity contribution in [3.05, 3.63) is 35.4 Å². The molecule has 6 nitrogen and oxygen atoms in total. The number of rotatable bonds is 6. The first-order valence-corrected chi connectivity index (χ1v) is 8.22. The van der Waals surface area contributed by atoms with Crippen molar-refractivity contribution in [3.8, 4) is 6.07 Å². The number of carbonyl (C=O) groups is 1. The fourth-order valence-corrected chi connectivity index (χ4v) is 4.11. The van der Waals surface area contributed by atoms with Crippen LogP contribution in [0.2, 0.25) is 0 Å². The van der Waals surface area contributed by atoms with Crippen molar-refractivity contribution in [3.63, 3.8) is 0 Å². The minimum absolute atomic E-state index is 0.195. The zero-order valence-electron chi connectivity index (χ0n) is 11.4. The highest BCUT2D eigenvalue weighted by atomic mass is 32.2. The van der Waals surface area contributed by atoms with E-state index in [4.69, 9.17) is 10.4 Å². The van der Waals surface area contributed by atoms with Gasteiger partial charge in [-0.1, -0.05) is 12.1 Å². The van der Waals surface area contributed by atoms with E-state index >= 15 is 0 Å². The summed E-state index contributed by atoms with van der Waals surface area (Å²) in [6.07, 6.45) is 1.73. The van der Waals surface area contributed by atoms with Crippen LogP contribution in [0.3, 0.4) is 0 Å². The lowest BCUT2D eigenvalue weighted by atomic mass is 9.75. The molecule has 0 heterocycles. The molecule has 1 aromatic carbocycles. The smallest absolute Gasteiger partial charge is 0.305 e. The minimum Gasteiger partial charge on any atom is -0.481 e. The number of carboxylic acids is 1. The second-order valence-electron chi connectivity index (χ2n) is 5.37. The van der Waals surface area contributed by atoms with E-state index in [1.165, 1.54) is 0 Å². The lowest BCUT2D eigenvalue weighted by Crippen LogP contribution is -2.54. The molecule has 1 aliphatic rings. The maximum Gasteiger partial charge on any atom is 0.305 e. The minimum atomic E-state index is -3.61. The Hall–Kier alpha value is -1.91. The molecule has 0 bridgehead atoms. The Labute approximate surface area is 123 Å².